The lowest BCUT2D eigenvalue weighted by atomic mass is 10.0. The molecule has 3 rings (SSSR count). The fourth-order valence-electron chi connectivity index (χ4n) is 3.03. The Morgan fingerprint density at radius 2 is 2.00 bits per heavy atom. The van der Waals surface area contributed by atoms with Crippen molar-refractivity contribution in [2.75, 3.05) is 26.2 Å². The molecule has 0 saturated carbocycles. The number of rotatable bonds is 7. The highest BCUT2D eigenvalue weighted by atomic mass is 16.1. The van der Waals surface area contributed by atoms with Gasteiger partial charge >= 0.3 is 0 Å². The number of amides is 1. The van der Waals surface area contributed by atoms with Crippen LogP contribution < -0.4 is 5.32 Å². The number of para-hydroxylation sites is 1. The summed E-state index contributed by atoms with van der Waals surface area (Å²) < 4.78 is 1.73. The Bertz CT molecular complexity index is 898. The number of likely N-dealkylation sites (N-methyl/N-ethyl adjacent to an activating group) is 1. The highest BCUT2D eigenvalue weighted by Crippen LogP contribution is 2.24. The molecule has 0 fully saturated rings. The first-order valence-electron chi connectivity index (χ1n) is 9.01. The number of aromatic nitrogens is 3. The van der Waals surface area contributed by atoms with E-state index in [2.05, 4.69) is 29.2 Å². The number of pyridine rings is 1. The Labute approximate surface area is 153 Å². The van der Waals surface area contributed by atoms with E-state index in [9.17, 15) is 4.79 Å². The summed E-state index contributed by atoms with van der Waals surface area (Å²) in [5, 5.41) is 8.11. The van der Waals surface area contributed by atoms with Crippen LogP contribution in [0.3, 0.4) is 0 Å². The molecule has 0 radical (unpaired) electrons. The molecule has 26 heavy (non-hydrogen) atoms. The van der Waals surface area contributed by atoms with Gasteiger partial charge in [0.25, 0.3) is 5.91 Å². The van der Waals surface area contributed by atoms with Gasteiger partial charge in [-0.2, -0.15) is 5.10 Å². The number of nitrogens with one attached hydrogen (secondary N) is 1. The first-order chi connectivity index (χ1) is 12.6. The van der Waals surface area contributed by atoms with Gasteiger partial charge in [-0.1, -0.05) is 32.0 Å². The second-order valence-electron chi connectivity index (χ2n) is 6.26. The first-order valence-corrected chi connectivity index (χ1v) is 9.01. The third kappa shape index (κ3) is 3.91. The van der Waals surface area contributed by atoms with Crippen LogP contribution in [-0.4, -0.2) is 51.8 Å². The van der Waals surface area contributed by atoms with E-state index in [0.717, 1.165) is 41.8 Å². The van der Waals surface area contributed by atoms with Crippen molar-refractivity contribution in [1.82, 2.24) is 25.0 Å². The van der Waals surface area contributed by atoms with Crippen LogP contribution in [0.4, 0.5) is 0 Å². The van der Waals surface area contributed by atoms with Gasteiger partial charge in [0.1, 0.15) is 0 Å². The van der Waals surface area contributed by atoms with Crippen molar-refractivity contribution < 1.29 is 4.79 Å². The van der Waals surface area contributed by atoms with E-state index in [1.807, 2.05) is 43.6 Å². The molecule has 1 N–H and O–H groups in total. The minimum Gasteiger partial charge on any atom is -0.351 e. The molecule has 3 aromatic rings. The van der Waals surface area contributed by atoms with E-state index in [0.29, 0.717) is 12.1 Å². The predicted molar refractivity (Wildman–Crippen MR) is 104 cm³/mol. The summed E-state index contributed by atoms with van der Waals surface area (Å²) in [5.74, 6) is -0.0686. The van der Waals surface area contributed by atoms with Crippen LogP contribution in [-0.2, 0) is 7.05 Å². The Morgan fingerprint density at radius 3 is 2.69 bits per heavy atom. The molecular formula is C20H25N5O. The Balaban J connectivity index is 1.89. The maximum absolute atomic E-state index is 12.8. The average molecular weight is 351 g/mol. The Kier molecular flexibility index (Phi) is 5.63. The smallest absolute Gasteiger partial charge is 0.252 e. The number of fused-ring (bicyclic) bond motifs is 1. The average Bonchev–Trinajstić information content (AvgIpc) is 3.10. The largest absolute Gasteiger partial charge is 0.351 e. The third-order valence-corrected chi connectivity index (χ3v) is 4.57. The van der Waals surface area contributed by atoms with Crippen molar-refractivity contribution in [2.24, 2.45) is 7.05 Å². The molecule has 0 aliphatic heterocycles. The van der Waals surface area contributed by atoms with E-state index in [4.69, 9.17) is 4.98 Å². The SMILES string of the molecule is CCN(CC)CCNC(=O)c1cc(-c2cnn(C)c2)nc2ccccc12. The van der Waals surface area contributed by atoms with Gasteiger partial charge in [0.15, 0.2) is 0 Å². The number of carbonyl (C=O) groups is 1. The van der Waals surface area contributed by atoms with Gasteiger partial charge < -0.3 is 10.2 Å². The van der Waals surface area contributed by atoms with Crippen LogP contribution in [0.25, 0.3) is 22.2 Å². The van der Waals surface area contributed by atoms with Gasteiger partial charge in [0, 0.05) is 37.3 Å². The van der Waals surface area contributed by atoms with Crippen LogP contribution >= 0.6 is 0 Å². The topological polar surface area (TPSA) is 63.1 Å². The van der Waals surface area contributed by atoms with E-state index in [1.165, 1.54) is 0 Å². The van der Waals surface area contributed by atoms with Crippen LogP contribution in [0.5, 0.6) is 0 Å². The quantitative estimate of drug-likeness (QED) is 0.711. The van der Waals surface area contributed by atoms with Crippen molar-refractivity contribution >= 4 is 16.8 Å². The molecule has 1 amide bonds. The molecule has 0 bridgehead atoms. The van der Waals surface area contributed by atoms with Crippen molar-refractivity contribution in [1.29, 1.82) is 0 Å². The lowest BCUT2D eigenvalue weighted by molar-refractivity contribution is 0.0950. The molecule has 0 aliphatic rings. The molecule has 6 heteroatoms. The normalized spacial score (nSPS) is 11.2. The number of carbonyl (C=O) groups excluding carboxylic acids is 1. The van der Waals surface area contributed by atoms with Crippen LogP contribution in [0, 0.1) is 0 Å². The lowest BCUT2D eigenvalue weighted by Crippen LogP contribution is -2.34. The zero-order valence-corrected chi connectivity index (χ0v) is 15.6. The fraction of sp³-hybridized carbons (Fsp3) is 0.350. The molecule has 2 aromatic heterocycles. The second-order valence-corrected chi connectivity index (χ2v) is 6.26. The third-order valence-electron chi connectivity index (χ3n) is 4.57. The highest BCUT2D eigenvalue weighted by Gasteiger charge is 2.14. The summed E-state index contributed by atoms with van der Waals surface area (Å²) in [6, 6.07) is 9.59. The van der Waals surface area contributed by atoms with Gasteiger partial charge in [0.2, 0.25) is 0 Å². The zero-order valence-electron chi connectivity index (χ0n) is 15.6. The van der Waals surface area contributed by atoms with Crippen LogP contribution in [0.1, 0.15) is 24.2 Å². The van der Waals surface area contributed by atoms with E-state index >= 15 is 0 Å². The molecule has 0 atom stereocenters. The lowest BCUT2D eigenvalue weighted by Gasteiger charge is -2.18. The molecular weight excluding hydrogens is 326 g/mol. The summed E-state index contributed by atoms with van der Waals surface area (Å²) in [6.45, 7) is 7.69. The zero-order chi connectivity index (χ0) is 18.5. The monoisotopic (exact) mass is 351 g/mol. The Morgan fingerprint density at radius 1 is 1.23 bits per heavy atom. The van der Waals surface area contributed by atoms with E-state index in [1.54, 1.807) is 10.9 Å². The van der Waals surface area contributed by atoms with Gasteiger partial charge in [-0.3, -0.25) is 9.48 Å². The predicted octanol–water partition coefficient (Wildman–Crippen LogP) is 2.71. The van der Waals surface area contributed by atoms with Crippen molar-refractivity contribution in [2.45, 2.75) is 13.8 Å². The van der Waals surface area contributed by atoms with Crippen molar-refractivity contribution in [3.8, 4) is 11.3 Å². The number of hydrogen-bond acceptors (Lipinski definition) is 4. The van der Waals surface area contributed by atoms with Gasteiger partial charge in [-0.15, -0.1) is 0 Å². The molecule has 1 aromatic carbocycles. The van der Waals surface area contributed by atoms with Crippen LogP contribution in [0.15, 0.2) is 42.7 Å². The summed E-state index contributed by atoms with van der Waals surface area (Å²) >= 11 is 0. The molecule has 0 saturated heterocycles. The molecule has 0 aliphatic carbocycles. The number of benzene rings is 1. The molecule has 2 heterocycles. The molecule has 6 nitrogen and oxygen atoms in total. The van der Waals surface area contributed by atoms with Crippen molar-refractivity contribution in [3.05, 3.63) is 48.3 Å². The van der Waals surface area contributed by atoms with Gasteiger partial charge in [-0.25, -0.2) is 4.98 Å². The minimum atomic E-state index is -0.0686. The summed E-state index contributed by atoms with van der Waals surface area (Å²) in [6.07, 6.45) is 3.67. The fourth-order valence-corrected chi connectivity index (χ4v) is 3.03. The number of hydrogen-bond donors (Lipinski definition) is 1. The molecule has 0 spiro atoms. The van der Waals surface area contributed by atoms with E-state index < -0.39 is 0 Å². The number of nitrogens with zero attached hydrogens (tertiary/aromatic N) is 4. The summed E-state index contributed by atoms with van der Waals surface area (Å²) in [5.41, 5.74) is 3.11. The highest BCUT2D eigenvalue weighted by molar-refractivity contribution is 6.07. The van der Waals surface area contributed by atoms with Crippen molar-refractivity contribution in [3.63, 3.8) is 0 Å². The van der Waals surface area contributed by atoms with Gasteiger partial charge in [0.05, 0.1) is 23.0 Å². The second kappa shape index (κ2) is 8.10. The summed E-state index contributed by atoms with van der Waals surface area (Å²) in [7, 11) is 1.87. The standard InChI is InChI=1S/C20H25N5O/c1-4-25(5-2)11-10-21-20(26)17-12-19(15-13-22-24(3)14-15)23-18-9-7-6-8-16(17)18/h6-9,12-14H,4-5,10-11H2,1-3H3,(H,21,26). The maximum atomic E-state index is 12.8. The summed E-state index contributed by atoms with van der Waals surface area (Å²) in [4.78, 5) is 19.8. The van der Waals surface area contributed by atoms with E-state index in [-0.39, 0.29) is 5.91 Å². The minimum absolute atomic E-state index is 0.0686. The number of aryl methyl sites for hydroxylation is 1. The van der Waals surface area contributed by atoms with Gasteiger partial charge in [-0.05, 0) is 25.2 Å². The molecule has 136 valence electrons. The maximum Gasteiger partial charge on any atom is 0.252 e. The molecule has 0 unspecified atom stereocenters. The Hall–Kier alpha value is -2.73. The van der Waals surface area contributed by atoms with Crippen LogP contribution in [0.2, 0.25) is 0 Å². The first kappa shape index (κ1) is 18.1.